The predicted molar refractivity (Wildman–Crippen MR) is 90.8 cm³/mol. The van der Waals surface area contributed by atoms with Gasteiger partial charge in [-0.15, -0.1) is 0 Å². The third-order valence-corrected chi connectivity index (χ3v) is 3.68. The van der Waals surface area contributed by atoms with E-state index < -0.39 is 5.56 Å². The zero-order valence-electron chi connectivity index (χ0n) is 12.9. The molecule has 0 unspecified atom stereocenters. The fraction of sp³-hybridized carbons (Fsp3) is 0.235. The number of hydrogen-bond donors (Lipinski definition) is 1. The Morgan fingerprint density at radius 3 is 2.83 bits per heavy atom. The first-order valence-electron chi connectivity index (χ1n) is 7.15. The van der Waals surface area contributed by atoms with E-state index in [9.17, 15) is 15.2 Å². The number of pyridine rings is 1. The van der Waals surface area contributed by atoms with Crippen molar-refractivity contribution in [3.8, 4) is 11.9 Å². The van der Waals surface area contributed by atoms with E-state index in [2.05, 4.69) is 4.99 Å². The first-order chi connectivity index (χ1) is 11.0. The fourth-order valence-electron chi connectivity index (χ4n) is 2.25. The van der Waals surface area contributed by atoms with Crippen molar-refractivity contribution < 1.29 is 5.11 Å². The Balaban J connectivity index is 2.60. The van der Waals surface area contributed by atoms with Crippen LogP contribution in [-0.2, 0) is 6.54 Å². The second kappa shape index (κ2) is 7.12. The molecule has 2 rings (SSSR count). The molecule has 1 heterocycles. The molecule has 118 valence electrons. The molecule has 0 spiro atoms. The highest BCUT2D eigenvalue weighted by molar-refractivity contribution is 6.30. The monoisotopic (exact) mass is 329 g/mol. The SMILES string of the molecule is CCCn1c(O)c(C=Nc2cccc(Cl)c2)c(C)c(C#N)c1=O. The highest BCUT2D eigenvalue weighted by Crippen LogP contribution is 2.22. The molecule has 0 aliphatic rings. The first-order valence-corrected chi connectivity index (χ1v) is 7.53. The Labute approximate surface area is 139 Å². The van der Waals surface area contributed by atoms with Crippen molar-refractivity contribution in [3.05, 3.63) is 56.3 Å². The molecule has 0 atom stereocenters. The molecule has 0 bridgehead atoms. The van der Waals surface area contributed by atoms with Gasteiger partial charge in [-0.3, -0.25) is 14.4 Å². The van der Waals surface area contributed by atoms with Gasteiger partial charge in [0.25, 0.3) is 5.56 Å². The largest absolute Gasteiger partial charge is 0.494 e. The van der Waals surface area contributed by atoms with E-state index in [0.717, 1.165) is 0 Å². The molecular weight excluding hydrogens is 314 g/mol. The zero-order valence-corrected chi connectivity index (χ0v) is 13.6. The quantitative estimate of drug-likeness (QED) is 0.871. The molecule has 1 aromatic heterocycles. The van der Waals surface area contributed by atoms with Crippen LogP contribution in [-0.4, -0.2) is 15.9 Å². The van der Waals surface area contributed by atoms with Crippen LogP contribution in [0.25, 0.3) is 0 Å². The van der Waals surface area contributed by atoms with Crippen LogP contribution in [0.1, 0.15) is 30.0 Å². The standard InChI is InChI=1S/C17H16ClN3O2/c1-3-7-21-16(22)14(9-19)11(2)15(17(21)23)10-20-13-6-4-5-12(18)8-13/h4-6,8,10,23H,3,7H2,1-2H3. The molecule has 0 saturated heterocycles. The van der Waals surface area contributed by atoms with Crippen LogP contribution in [0.2, 0.25) is 5.02 Å². The lowest BCUT2D eigenvalue weighted by molar-refractivity contribution is 0.403. The molecule has 2 aromatic rings. The smallest absolute Gasteiger partial charge is 0.271 e. The van der Waals surface area contributed by atoms with E-state index in [1.165, 1.54) is 10.8 Å². The Kier molecular flexibility index (Phi) is 5.20. The highest BCUT2D eigenvalue weighted by atomic mass is 35.5. The molecule has 1 N–H and O–H groups in total. The summed E-state index contributed by atoms with van der Waals surface area (Å²) >= 11 is 5.91. The van der Waals surface area contributed by atoms with Gasteiger partial charge in [0, 0.05) is 17.8 Å². The van der Waals surface area contributed by atoms with E-state index >= 15 is 0 Å². The molecule has 0 aliphatic carbocycles. The summed E-state index contributed by atoms with van der Waals surface area (Å²) in [5.41, 5.74) is 0.916. The average Bonchev–Trinajstić information content (AvgIpc) is 2.52. The van der Waals surface area contributed by atoms with Crippen molar-refractivity contribution in [3.63, 3.8) is 0 Å². The normalized spacial score (nSPS) is 10.9. The minimum atomic E-state index is -0.482. The lowest BCUT2D eigenvalue weighted by Gasteiger charge is -2.13. The van der Waals surface area contributed by atoms with E-state index in [0.29, 0.717) is 34.8 Å². The zero-order chi connectivity index (χ0) is 17.0. The summed E-state index contributed by atoms with van der Waals surface area (Å²) in [5.74, 6) is -0.181. The van der Waals surface area contributed by atoms with Gasteiger partial charge in [-0.1, -0.05) is 24.6 Å². The molecule has 6 heteroatoms. The number of rotatable bonds is 4. The number of aromatic nitrogens is 1. The second-order valence-electron chi connectivity index (χ2n) is 5.04. The van der Waals surface area contributed by atoms with Crippen LogP contribution >= 0.6 is 11.6 Å². The maximum Gasteiger partial charge on any atom is 0.271 e. The third-order valence-electron chi connectivity index (χ3n) is 3.44. The minimum Gasteiger partial charge on any atom is -0.494 e. The summed E-state index contributed by atoms with van der Waals surface area (Å²) in [6.07, 6.45) is 2.11. The first kappa shape index (κ1) is 16.8. The number of aliphatic imine (C=N–C) groups is 1. The number of benzene rings is 1. The number of halogens is 1. The van der Waals surface area contributed by atoms with Gasteiger partial charge in [-0.2, -0.15) is 5.26 Å². The lowest BCUT2D eigenvalue weighted by Crippen LogP contribution is -2.25. The molecule has 0 fully saturated rings. The Bertz CT molecular complexity index is 863. The molecule has 0 aliphatic heterocycles. The molecular formula is C17H16ClN3O2. The predicted octanol–water partition coefficient (Wildman–Crippen LogP) is 3.55. The van der Waals surface area contributed by atoms with Crippen LogP contribution < -0.4 is 5.56 Å². The summed E-state index contributed by atoms with van der Waals surface area (Å²) in [6.45, 7) is 3.84. The molecule has 23 heavy (non-hydrogen) atoms. The van der Waals surface area contributed by atoms with Gasteiger partial charge in [0.05, 0.1) is 11.3 Å². The van der Waals surface area contributed by atoms with Gasteiger partial charge in [-0.25, -0.2) is 0 Å². The summed E-state index contributed by atoms with van der Waals surface area (Å²) in [6, 6.07) is 8.85. The molecule has 0 saturated carbocycles. The van der Waals surface area contributed by atoms with Crippen molar-refractivity contribution in [1.29, 1.82) is 5.26 Å². The van der Waals surface area contributed by atoms with Crippen molar-refractivity contribution in [2.45, 2.75) is 26.8 Å². The Morgan fingerprint density at radius 1 is 1.48 bits per heavy atom. The summed E-state index contributed by atoms with van der Waals surface area (Å²) in [4.78, 5) is 16.5. The van der Waals surface area contributed by atoms with E-state index in [-0.39, 0.29) is 11.4 Å². The van der Waals surface area contributed by atoms with Crippen molar-refractivity contribution in [2.24, 2.45) is 4.99 Å². The summed E-state index contributed by atoms with van der Waals surface area (Å²) in [5, 5.41) is 20.1. The number of nitrogens with zero attached hydrogens (tertiary/aromatic N) is 3. The van der Waals surface area contributed by atoms with Gasteiger partial charge < -0.3 is 5.11 Å². The molecule has 1 aromatic carbocycles. The number of aromatic hydroxyl groups is 1. The average molecular weight is 330 g/mol. The Hall–Kier alpha value is -2.58. The molecule has 0 radical (unpaired) electrons. The topological polar surface area (TPSA) is 78.4 Å². The maximum atomic E-state index is 12.2. The van der Waals surface area contributed by atoms with Gasteiger partial charge in [0.1, 0.15) is 11.6 Å². The molecule has 0 amide bonds. The van der Waals surface area contributed by atoms with Crippen molar-refractivity contribution >= 4 is 23.5 Å². The van der Waals surface area contributed by atoms with Crippen molar-refractivity contribution in [2.75, 3.05) is 0 Å². The highest BCUT2D eigenvalue weighted by Gasteiger charge is 2.17. The van der Waals surface area contributed by atoms with Crippen LogP contribution in [0.4, 0.5) is 5.69 Å². The van der Waals surface area contributed by atoms with Gasteiger partial charge in [0.15, 0.2) is 0 Å². The fourth-order valence-corrected chi connectivity index (χ4v) is 2.44. The number of hydrogen-bond acceptors (Lipinski definition) is 4. The second-order valence-corrected chi connectivity index (χ2v) is 5.48. The van der Waals surface area contributed by atoms with E-state index in [1.54, 1.807) is 31.2 Å². The number of nitriles is 1. The van der Waals surface area contributed by atoms with E-state index in [4.69, 9.17) is 11.6 Å². The summed E-state index contributed by atoms with van der Waals surface area (Å²) < 4.78 is 1.20. The third kappa shape index (κ3) is 3.43. The van der Waals surface area contributed by atoms with Crippen LogP contribution in [0, 0.1) is 18.3 Å². The van der Waals surface area contributed by atoms with Crippen molar-refractivity contribution in [1.82, 2.24) is 4.57 Å². The van der Waals surface area contributed by atoms with Gasteiger partial charge >= 0.3 is 0 Å². The van der Waals surface area contributed by atoms with E-state index in [1.807, 2.05) is 13.0 Å². The lowest BCUT2D eigenvalue weighted by atomic mass is 10.1. The van der Waals surface area contributed by atoms with Crippen LogP contribution in [0.3, 0.4) is 0 Å². The summed E-state index contributed by atoms with van der Waals surface area (Å²) in [7, 11) is 0. The van der Waals surface area contributed by atoms with Gasteiger partial charge in [-0.05, 0) is 37.1 Å². The van der Waals surface area contributed by atoms with Crippen LogP contribution in [0.15, 0.2) is 34.1 Å². The maximum absolute atomic E-state index is 12.2. The molecule has 5 nitrogen and oxygen atoms in total. The van der Waals surface area contributed by atoms with Gasteiger partial charge in [0.2, 0.25) is 5.88 Å². The van der Waals surface area contributed by atoms with Crippen LogP contribution in [0.5, 0.6) is 5.88 Å². The Morgan fingerprint density at radius 2 is 2.22 bits per heavy atom. The minimum absolute atomic E-state index is 0.0174.